The lowest BCUT2D eigenvalue weighted by Crippen LogP contribution is -2.35. The molecule has 0 aliphatic heterocycles. The number of carbonyl (C=O) groups excluding carboxylic acids is 1. The summed E-state index contributed by atoms with van der Waals surface area (Å²) in [5.41, 5.74) is 0. The van der Waals surface area contributed by atoms with E-state index in [1.807, 2.05) is 0 Å². The van der Waals surface area contributed by atoms with Crippen LogP contribution in [0, 0.1) is 0 Å². The average Bonchev–Trinajstić information content (AvgIpc) is 2.44. The number of aliphatic hydroxyl groups excluding tert-OH is 1. The van der Waals surface area contributed by atoms with Crippen molar-refractivity contribution in [2.24, 2.45) is 0 Å². The molecule has 1 aliphatic carbocycles. The second kappa shape index (κ2) is 7.54. The molecule has 0 amide bonds. The average molecular weight is 354 g/mol. The maximum absolute atomic E-state index is 11.7. The molecule has 1 aromatic rings. The summed E-state index contributed by atoms with van der Waals surface area (Å²) >= 11 is 17.6. The van der Waals surface area contributed by atoms with E-state index in [4.69, 9.17) is 44.3 Å². The van der Waals surface area contributed by atoms with Gasteiger partial charge in [0, 0.05) is 6.07 Å². The third-order valence-electron chi connectivity index (χ3n) is 3.27. The maximum Gasteiger partial charge on any atom is 0.344 e. The highest BCUT2D eigenvalue weighted by molar-refractivity contribution is 6.43. The van der Waals surface area contributed by atoms with Crippen LogP contribution >= 0.6 is 34.8 Å². The second-order valence-electron chi connectivity index (χ2n) is 4.87. The van der Waals surface area contributed by atoms with Gasteiger partial charge in [-0.25, -0.2) is 4.79 Å². The zero-order valence-corrected chi connectivity index (χ0v) is 13.4. The summed E-state index contributed by atoms with van der Waals surface area (Å²) in [7, 11) is 0. The number of aliphatic hydroxyl groups is 1. The number of ether oxygens (including phenoxy) is 2. The van der Waals surface area contributed by atoms with Crippen molar-refractivity contribution >= 4 is 40.8 Å². The minimum Gasteiger partial charge on any atom is -0.480 e. The number of halogens is 3. The zero-order chi connectivity index (χ0) is 15.4. The molecule has 4 nitrogen and oxygen atoms in total. The van der Waals surface area contributed by atoms with Gasteiger partial charge in [-0.15, -0.1) is 0 Å². The van der Waals surface area contributed by atoms with E-state index >= 15 is 0 Å². The van der Waals surface area contributed by atoms with Crippen molar-refractivity contribution in [3.63, 3.8) is 0 Å². The normalized spacial score (nSPS) is 21.9. The van der Waals surface area contributed by atoms with Crippen molar-refractivity contribution in [1.29, 1.82) is 0 Å². The molecule has 1 saturated carbocycles. The minimum absolute atomic E-state index is 0.257. The lowest BCUT2D eigenvalue weighted by molar-refractivity contribution is -0.159. The molecule has 2 atom stereocenters. The highest BCUT2D eigenvalue weighted by Crippen LogP contribution is 2.33. The largest absolute Gasteiger partial charge is 0.480 e. The van der Waals surface area contributed by atoms with Crippen molar-refractivity contribution < 1.29 is 19.4 Å². The summed E-state index contributed by atoms with van der Waals surface area (Å²) in [4.78, 5) is 11.7. The van der Waals surface area contributed by atoms with Gasteiger partial charge in [-0.3, -0.25) is 0 Å². The summed E-state index contributed by atoms with van der Waals surface area (Å²) in [5, 5.41) is 10.6. The zero-order valence-electron chi connectivity index (χ0n) is 11.2. The molecule has 1 aromatic carbocycles. The van der Waals surface area contributed by atoms with E-state index in [1.165, 1.54) is 12.1 Å². The van der Waals surface area contributed by atoms with E-state index in [2.05, 4.69) is 0 Å². The molecule has 0 unspecified atom stereocenters. The molecule has 1 fully saturated rings. The van der Waals surface area contributed by atoms with Gasteiger partial charge in [0.2, 0.25) is 0 Å². The van der Waals surface area contributed by atoms with Crippen molar-refractivity contribution in [3.05, 3.63) is 27.2 Å². The van der Waals surface area contributed by atoms with Crippen LogP contribution in [0.4, 0.5) is 0 Å². The lowest BCUT2D eigenvalue weighted by Gasteiger charge is -2.27. The van der Waals surface area contributed by atoms with Crippen LogP contribution in [-0.2, 0) is 9.53 Å². The van der Waals surface area contributed by atoms with E-state index in [0.717, 1.165) is 12.8 Å². The van der Waals surface area contributed by atoms with Crippen molar-refractivity contribution in [2.45, 2.75) is 37.9 Å². The first-order valence-electron chi connectivity index (χ1n) is 6.62. The molecule has 1 aliphatic rings. The SMILES string of the molecule is O=C(COc1cc(Cl)c(Cl)cc1Cl)O[C@@H]1CCCC[C@@H]1O. The van der Waals surface area contributed by atoms with Crippen molar-refractivity contribution in [3.8, 4) is 5.75 Å². The molecular formula is C14H15Cl3O4. The van der Waals surface area contributed by atoms with Crippen LogP contribution in [0.2, 0.25) is 15.1 Å². The Labute approximate surface area is 137 Å². The van der Waals surface area contributed by atoms with Crippen molar-refractivity contribution in [1.82, 2.24) is 0 Å². The molecular weight excluding hydrogens is 339 g/mol. The van der Waals surface area contributed by atoms with E-state index in [1.54, 1.807) is 0 Å². The van der Waals surface area contributed by atoms with Gasteiger partial charge in [0.15, 0.2) is 6.61 Å². The fourth-order valence-electron chi connectivity index (χ4n) is 2.17. The van der Waals surface area contributed by atoms with Crippen LogP contribution < -0.4 is 4.74 Å². The number of rotatable bonds is 4. The van der Waals surface area contributed by atoms with Crippen LogP contribution in [0.5, 0.6) is 5.75 Å². The summed E-state index contributed by atoms with van der Waals surface area (Å²) in [6.07, 6.45) is 2.15. The Morgan fingerprint density at radius 1 is 1.14 bits per heavy atom. The summed E-state index contributed by atoms with van der Waals surface area (Å²) < 4.78 is 10.5. The quantitative estimate of drug-likeness (QED) is 0.659. The number of esters is 1. The molecule has 0 saturated heterocycles. The van der Waals surface area contributed by atoms with Gasteiger partial charge >= 0.3 is 5.97 Å². The second-order valence-corrected chi connectivity index (χ2v) is 6.09. The first-order chi connectivity index (χ1) is 9.97. The fraction of sp³-hybridized carbons (Fsp3) is 0.500. The number of benzene rings is 1. The topological polar surface area (TPSA) is 55.8 Å². The number of carbonyl (C=O) groups is 1. The minimum atomic E-state index is -0.601. The monoisotopic (exact) mass is 352 g/mol. The van der Waals surface area contributed by atoms with E-state index in [-0.39, 0.29) is 22.4 Å². The molecule has 0 aromatic heterocycles. The molecule has 0 bridgehead atoms. The Morgan fingerprint density at radius 2 is 1.81 bits per heavy atom. The Morgan fingerprint density at radius 3 is 2.52 bits per heavy atom. The van der Waals surface area contributed by atoms with Crippen LogP contribution in [0.1, 0.15) is 25.7 Å². The van der Waals surface area contributed by atoms with Gasteiger partial charge in [0.1, 0.15) is 11.9 Å². The molecule has 0 spiro atoms. The van der Waals surface area contributed by atoms with Crippen molar-refractivity contribution in [2.75, 3.05) is 6.61 Å². The van der Waals surface area contributed by atoms with Crippen LogP contribution in [0.3, 0.4) is 0 Å². The predicted octanol–water partition coefficient (Wildman–Crippen LogP) is 3.87. The number of hydrogen-bond acceptors (Lipinski definition) is 4. The number of hydrogen-bond donors (Lipinski definition) is 1. The van der Waals surface area contributed by atoms with Crippen LogP contribution in [0.25, 0.3) is 0 Å². The van der Waals surface area contributed by atoms with Gasteiger partial charge in [-0.05, 0) is 25.3 Å². The van der Waals surface area contributed by atoms with Gasteiger partial charge < -0.3 is 14.6 Å². The molecule has 0 radical (unpaired) electrons. The molecule has 0 heterocycles. The van der Waals surface area contributed by atoms with Crippen LogP contribution in [0.15, 0.2) is 12.1 Å². The van der Waals surface area contributed by atoms with Gasteiger partial charge in [-0.1, -0.05) is 41.2 Å². The van der Waals surface area contributed by atoms with Gasteiger partial charge in [-0.2, -0.15) is 0 Å². The third kappa shape index (κ3) is 4.65. The summed E-state index contributed by atoms with van der Waals surface area (Å²) in [5.74, 6) is -0.296. The van der Waals surface area contributed by atoms with Crippen LogP contribution in [-0.4, -0.2) is 29.9 Å². The predicted molar refractivity (Wildman–Crippen MR) is 81.3 cm³/mol. The Kier molecular flexibility index (Phi) is 5.99. The molecule has 2 rings (SSSR count). The lowest BCUT2D eigenvalue weighted by atomic mass is 9.95. The Hall–Kier alpha value is -0.680. The Bertz CT molecular complexity index is 521. The first kappa shape index (κ1) is 16.7. The standard InChI is InChI=1S/C14H15Cl3O4/c15-8-5-10(17)13(6-9(8)16)20-7-14(19)21-12-4-2-1-3-11(12)18/h5-6,11-12,18H,1-4,7H2/t11-,12+/m0/s1. The molecule has 1 N–H and O–H groups in total. The highest BCUT2D eigenvalue weighted by atomic mass is 35.5. The van der Waals surface area contributed by atoms with E-state index in [0.29, 0.717) is 17.9 Å². The molecule has 7 heteroatoms. The van der Waals surface area contributed by atoms with Gasteiger partial charge in [0.05, 0.1) is 21.2 Å². The van der Waals surface area contributed by atoms with Gasteiger partial charge in [0.25, 0.3) is 0 Å². The smallest absolute Gasteiger partial charge is 0.344 e. The van der Waals surface area contributed by atoms with E-state index in [9.17, 15) is 9.90 Å². The maximum atomic E-state index is 11.7. The molecule has 116 valence electrons. The fourth-order valence-corrected chi connectivity index (χ4v) is 2.76. The molecule has 21 heavy (non-hydrogen) atoms. The Balaban J connectivity index is 1.88. The summed E-state index contributed by atoms with van der Waals surface area (Å²) in [6, 6.07) is 2.88. The highest BCUT2D eigenvalue weighted by Gasteiger charge is 2.26. The third-order valence-corrected chi connectivity index (χ3v) is 4.29. The van der Waals surface area contributed by atoms with E-state index < -0.39 is 18.2 Å². The summed E-state index contributed by atoms with van der Waals surface area (Å²) in [6.45, 7) is -0.305. The first-order valence-corrected chi connectivity index (χ1v) is 7.75.